The van der Waals surface area contributed by atoms with E-state index in [1.807, 2.05) is 32.9 Å². The number of nitrogens with one attached hydrogen (secondary N) is 1. The first-order valence-corrected chi connectivity index (χ1v) is 8.49. The Balaban J connectivity index is 3.19. The Kier molecular flexibility index (Phi) is 5.92. The third kappa shape index (κ3) is 4.82. The van der Waals surface area contributed by atoms with Gasteiger partial charge in [0.1, 0.15) is 0 Å². The van der Waals surface area contributed by atoms with E-state index in [0.717, 1.165) is 11.1 Å². The molecule has 0 aromatic heterocycles. The minimum atomic E-state index is -3.56. The minimum Gasteiger partial charge on any atom is -0.388 e. The zero-order valence-corrected chi connectivity index (χ0v) is 14.0. The Morgan fingerprint density at radius 3 is 2.48 bits per heavy atom. The number of benzene rings is 1. The van der Waals surface area contributed by atoms with Crippen molar-refractivity contribution in [2.24, 2.45) is 11.7 Å². The van der Waals surface area contributed by atoms with Gasteiger partial charge in [0.15, 0.2) is 0 Å². The molecule has 0 radical (unpaired) electrons. The maximum absolute atomic E-state index is 12.9. The van der Waals surface area contributed by atoms with E-state index in [4.69, 9.17) is 11.1 Å². The van der Waals surface area contributed by atoms with Gasteiger partial charge >= 0.3 is 0 Å². The molecule has 0 aliphatic carbocycles. The first-order valence-electron chi connectivity index (χ1n) is 7.05. The molecule has 1 aromatic rings. The normalized spacial score (nSPS) is 12.1. The van der Waals surface area contributed by atoms with Crippen molar-refractivity contribution in [3.05, 3.63) is 29.3 Å². The number of amidine groups is 1. The van der Waals surface area contributed by atoms with Gasteiger partial charge in [-0.1, -0.05) is 26.0 Å². The fourth-order valence-electron chi connectivity index (χ4n) is 2.09. The van der Waals surface area contributed by atoms with E-state index in [1.54, 1.807) is 13.0 Å². The Hall–Kier alpha value is -1.40. The SMILES string of the molecule is Cc1ccc(C)c(S(=O)(=O)N(CCC(=N)N)CC(C)C)c1. The molecule has 0 aliphatic heterocycles. The van der Waals surface area contributed by atoms with Crippen LogP contribution in [0.25, 0.3) is 0 Å². The maximum Gasteiger partial charge on any atom is 0.243 e. The first-order chi connectivity index (χ1) is 9.64. The lowest BCUT2D eigenvalue weighted by molar-refractivity contribution is 0.374. The number of nitrogens with two attached hydrogens (primary N) is 1. The van der Waals surface area contributed by atoms with Gasteiger partial charge in [-0.25, -0.2) is 8.42 Å². The van der Waals surface area contributed by atoms with E-state index >= 15 is 0 Å². The van der Waals surface area contributed by atoms with Crippen LogP contribution in [0.15, 0.2) is 23.1 Å². The lowest BCUT2D eigenvalue weighted by atomic mass is 10.2. The summed E-state index contributed by atoms with van der Waals surface area (Å²) in [6.07, 6.45) is 0.247. The third-order valence-corrected chi connectivity index (χ3v) is 5.17. The van der Waals surface area contributed by atoms with Gasteiger partial charge in [-0.05, 0) is 37.0 Å². The molecular formula is C15H25N3O2S. The topological polar surface area (TPSA) is 87.2 Å². The summed E-state index contributed by atoms with van der Waals surface area (Å²) in [6, 6.07) is 5.42. The lowest BCUT2D eigenvalue weighted by Crippen LogP contribution is -2.37. The Labute approximate surface area is 127 Å². The number of rotatable bonds is 7. The summed E-state index contributed by atoms with van der Waals surface area (Å²) in [4.78, 5) is 0.340. The van der Waals surface area contributed by atoms with E-state index in [-0.39, 0.29) is 24.7 Å². The fraction of sp³-hybridized carbons (Fsp3) is 0.533. The minimum absolute atomic E-state index is 0.0000738. The van der Waals surface area contributed by atoms with Gasteiger partial charge in [-0.3, -0.25) is 5.41 Å². The molecule has 0 spiro atoms. The van der Waals surface area contributed by atoms with Crippen molar-refractivity contribution in [1.29, 1.82) is 5.41 Å². The molecule has 0 saturated heterocycles. The molecule has 1 rings (SSSR count). The molecule has 0 bridgehead atoms. The van der Waals surface area contributed by atoms with E-state index in [9.17, 15) is 8.42 Å². The molecule has 0 amide bonds. The van der Waals surface area contributed by atoms with Gasteiger partial charge < -0.3 is 5.73 Å². The first kappa shape index (κ1) is 17.7. The summed E-state index contributed by atoms with van der Waals surface area (Å²) in [5.41, 5.74) is 7.02. The summed E-state index contributed by atoms with van der Waals surface area (Å²) in [6.45, 7) is 8.27. The molecule has 0 unspecified atom stereocenters. The van der Waals surface area contributed by atoms with Crippen molar-refractivity contribution >= 4 is 15.9 Å². The Bertz CT molecular complexity index is 609. The van der Waals surface area contributed by atoms with Gasteiger partial charge in [0, 0.05) is 19.5 Å². The van der Waals surface area contributed by atoms with E-state index in [2.05, 4.69) is 0 Å². The lowest BCUT2D eigenvalue weighted by Gasteiger charge is -2.24. The van der Waals surface area contributed by atoms with Crippen LogP contribution in [0.3, 0.4) is 0 Å². The average Bonchev–Trinajstić information content (AvgIpc) is 2.36. The Morgan fingerprint density at radius 2 is 1.95 bits per heavy atom. The van der Waals surface area contributed by atoms with E-state index in [0.29, 0.717) is 11.4 Å². The molecule has 1 aromatic carbocycles. The van der Waals surface area contributed by atoms with Crippen molar-refractivity contribution in [3.8, 4) is 0 Å². The molecule has 0 atom stereocenters. The molecule has 3 N–H and O–H groups in total. The van der Waals surface area contributed by atoms with Gasteiger partial charge in [0.25, 0.3) is 0 Å². The number of hydrogen-bond acceptors (Lipinski definition) is 3. The van der Waals surface area contributed by atoms with Crippen LogP contribution in [-0.4, -0.2) is 31.6 Å². The smallest absolute Gasteiger partial charge is 0.243 e. The monoisotopic (exact) mass is 311 g/mol. The summed E-state index contributed by atoms with van der Waals surface area (Å²) in [7, 11) is -3.56. The molecule has 5 nitrogen and oxygen atoms in total. The van der Waals surface area contributed by atoms with Gasteiger partial charge in [0.2, 0.25) is 10.0 Å². The largest absolute Gasteiger partial charge is 0.388 e. The van der Waals surface area contributed by atoms with Crippen molar-refractivity contribution in [2.75, 3.05) is 13.1 Å². The third-order valence-electron chi connectivity index (χ3n) is 3.16. The molecule has 21 heavy (non-hydrogen) atoms. The van der Waals surface area contributed by atoms with Crippen molar-refractivity contribution in [1.82, 2.24) is 4.31 Å². The maximum atomic E-state index is 12.9. The molecule has 0 aliphatic rings. The van der Waals surface area contributed by atoms with Crippen molar-refractivity contribution in [2.45, 2.75) is 39.0 Å². The summed E-state index contributed by atoms with van der Waals surface area (Å²) >= 11 is 0. The number of aryl methyl sites for hydroxylation is 2. The van der Waals surface area contributed by atoms with Crippen molar-refractivity contribution < 1.29 is 8.42 Å². The predicted octanol–water partition coefficient (Wildman–Crippen LogP) is 2.28. The average molecular weight is 311 g/mol. The van der Waals surface area contributed by atoms with Crippen LogP contribution in [0.2, 0.25) is 0 Å². The van der Waals surface area contributed by atoms with Crippen LogP contribution in [0.1, 0.15) is 31.4 Å². The van der Waals surface area contributed by atoms with Crippen LogP contribution in [0.5, 0.6) is 0 Å². The zero-order valence-electron chi connectivity index (χ0n) is 13.2. The quantitative estimate of drug-likeness (QED) is 0.598. The van der Waals surface area contributed by atoms with Crippen LogP contribution in [0, 0.1) is 25.2 Å². The van der Waals surface area contributed by atoms with E-state index in [1.165, 1.54) is 4.31 Å². The van der Waals surface area contributed by atoms with Crippen LogP contribution in [0.4, 0.5) is 0 Å². The van der Waals surface area contributed by atoms with Crippen LogP contribution >= 0.6 is 0 Å². The van der Waals surface area contributed by atoms with Crippen molar-refractivity contribution in [3.63, 3.8) is 0 Å². The molecule has 0 heterocycles. The molecular weight excluding hydrogens is 286 g/mol. The second-order valence-electron chi connectivity index (χ2n) is 5.80. The predicted molar refractivity (Wildman–Crippen MR) is 86.0 cm³/mol. The molecule has 6 heteroatoms. The highest BCUT2D eigenvalue weighted by Gasteiger charge is 2.26. The highest BCUT2D eigenvalue weighted by atomic mass is 32.2. The highest BCUT2D eigenvalue weighted by Crippen LogP contribution is 2.22. The van der Waals surface area contributed by atoms with E-state index < -0.39 is 10.0 Å². The Morgan fingerprint density at radius 1 is 1.33 bits per heavy atom. The highest BCUT2D eigenvalue weighted by molar-refractivity contribution is 7.89. The summed E-state index contributed by atoms with van der Waals surface area (Å²) in [5.74, 6) is 0.205. The van der Waals surface area contributed by atoms with Crippen LogP contribution in [-0.2, 0) is 10.0 Å². The number of hydrogen-bond donors (Lipinski definition) is 2. The van der Waals surface area contributed by atoms with Crippen LogP contribution < -0.4 is 5.73 Å². The molecule has 0 fully saturated rings. The van der Waals surface area contributed by atoms with Gasteiger partial charge in [-0.2, -0.15) is 4.31 Å². The summed E-state index contributed by atoms with van der Waals surface area (Å²) in [5, 5.41) is 7.31. The fourth-order valence-corrected chi connectivity index (χ4v) is 4.00. The standard InChI is InChI=1S/C15H25N3O2S/c1-11(2)10-18(8-7-15(16)17)21(19,20)14-9-12(3)5-6-13(14)4/h5-6,9,11H,7-8,10H2,1-4H3,(H3,16,17). The van der Waals surface area contributed by atoms with Gasteiger partial charge in [-0.15, -0.1) is 0 Å². The molecule has 0 saturated carbocycles. The zero-order chi connectivity index (χ0) is 16.2. The second-order valence-corrected chi connectivity index (χ2v) is 7.71. The number of nitrogens with zero attached hydrogens (tertiary/aromatic N) is 1. The summed E-state index contributed by atoms with van der Waals surface area (Å²) < 4.78 is 27.2. The van der Waals surface area contributed by atoms with Gasteiger partial charge in [0.05, 0.1) is 10.7 Å². The molecule has 118 valence electrons. The second kappa shape index (κ2) is 7.04. The number of sulfonamides is 1.